The number of hydrogen-bond acceptors (Lipinski definition) is 5. The minimum absolute atomic E-state index is 0.223. The van der Waals surface area contributed by atoms with Crippen molar-refractivity contribution >= 4 is 60.6 Å². The molecule has 0 aliphatic rings. The summed E-state index contributed by atoms with van der Waals surface area (Å²) in [6.07, 6.45) is 4.11. The van der Waals surface area contributed by atoms with Crippen LogP contribution in [0.5, 0.6) is 11.5 Å². The summed E-state index contributed by atoms with van der Waals surface area (Å²) in [7, 11) is 0. The van der Waals surface area contributed by atoms with Crippen LogP contribution in [0.2, 0.25) is 5.02 Å². The van der Waals surface area contributed by atoms with Crippen molar-refractivity contribution in [2.45, 2.75) is 39.7 Å². The number of unbranched alkanes of at least 4 members (excludes halogenated alkanes) is 1. The number of halogens is 3. The van der Waals surface area contributed by atoms with Gasteiger partial charge in [0, 0.05) is 15.4 Å². The summed E-state index contributed by atoms with van der Waals surface area (Å²) in [5.41, 5.74) is 2.10. The van der Waals surface area contributed by atoms with Gasteiger partial charge < -0.3 is 9.47 Å². The number of rotatable bonds is 10. The van der Waals surface area contributed by atoms with Gasteiger partial charge in [-0.05, 0) is 66.9 Å². The van der Waals surface area contributed by atoms with Gasteiger partial charge in [0.2, 0.25) is 0 Å². The van der Waals surface area contributed by atoms with Gasteiger partial charge in [0.15, 0.2) is 11.5 Å². The van der Waals surface area contributed by atoms with Gasteiger partial charge in [0.25, 0.3) is 5.56 Å². The maximum Gasteiger partial charge on any atom is 0.282 e. The normalized spacial score (nSPS) is 11.4. The standard InChI is InChI=1S/C28H26Br2ClN3O3/c1-3-5-6-26-33-24-12-11-21(30)15-22(24)28(35)34(26)32-16-19-13-23(31)27(25(14-19)36-4-2)37-17-18-7-9-20(29)10-8-18/h7-16H,3-6,17H2,1-2H3. The molecular formula is C28H26Br2ClN3O3. The van der Waals surface area contributed by atoms with E-state index in [1.165, 1.54) is 4.68 Å². The fraction of sp³-hybridized carbons (Fsp3) is 0.250. The zero-order valence-corrected chi connectivity index (χ0v) is 24.4. The highest BCUT2D eigenvalue weighted by Gasteiger charge is 2.14. The molecule has 0 aliphatic carbocycles. The highest BCUT2D eigenvalue weighted by atomic mass is 79.9. The SMILES string of the molecule is CCCCc1nc2ccc(Br)cc2c(=O)n1N=Cc1cc(Cl)c(OCc2ccc(Br)cc2)c(OCC)c1. The van der Waals surface area contributed by atoms with Crippen molar-refractivity contribution in [2.24, 2.45) is 5.10 Å². The van der Waals surface area contributed by atoms with E-state index in [0.29, 0.717) is 58.4 Å². The summed E-state index contributed by atoms with van der Waals surface area (Å²) in [6.45, 7) is 4.78. The lowest BCUT2D eigenvalue weighted by atomic mass is 10.2. The Morgan fingerprint density at radius 2 is 1.78 bits per heavy atom. The smallest absolute Gasteiger partial charge is 0.282 e. The predicted molar refractivity (Wildman–Crippen MR) is 156 cm³/mol. The van der Waals surface area contributed by atoms with E-state index in [1.807, 2.05) is 43.3 Å². The Kier molecular flexibility index (Phi) is 9.40. The fourth-order valence-corrected chi connectivity index (χ4v) is 4.64. The highest BCUT2D eigenvalue weighted by molar-refractivity contribution is 9.10. The van der Waals surface area contributed by atoms with Gasteiger partial charge in [-0.15, -0.1) is 0 Å². The summed E-state index contributed by atoms with van der Waals surface area (Å²) in [4.78, 5) is 18.1. The second-order valence-corrected chi connectivity index (χ2v) is 10.6. The molecule has 1 aromatic heterocycles. The van der Waals surface area contributed by atoms with E-state index >= 15 is 0 Å². The molecule has 0 fully saturated rings. The maximum atomic E-state index is 13.3. The highest BCUT2D eigenvalue weighted by Crippen LogP contribution is 2.37. The maximum absolute atomic E-state index is 13.3. The van der Waals surface area contributed by atoms with Gasteiger partial charge in [-0.2, -0.15) is 9.78 Å². The van der Waals surface area contributed by atoms with Crippen LogP contribution in [0.1, 0.15) is 43.6 Å². The van der Waals surface area contributed by atoms with Crippen LogP contribution in [0.15, 0.2) is 73.4 Å². The molecule has 0 atom stereocenters. The molecule has 4 rings (SSSR count). The molecule has 0 radical (unpaired) electrons. The average Bonchev–Trinajstić information content (AvgIpc) is 2.88. The zero-order valence-electron chi connectivity index (χ0n) is 20.5. The zero-order chi connectivity index (χ0) is 26.4. The molecule has 0 spiro atoms. The van der Waals surface area contributed by atoms with Gasteiger partial charge in [-0.3, -0.25) is 4.79 Å². The van der Waals surface area contributed by atoms with E-state index in [9.17, 15) is 4.79 Å². The number of ether oxygens (including phenoxy) is 2. The molecule has 0 saturated carbocycles. The Hall–Kier alpha value is -2.68. The predicted octanol–water partition coefficient (Wildman–Crippen LogP) is 7.78. The molecule has 0 saturated heterocycles. The van der Waals surface area contributed by atoms with E-state index in [4.69, 9.17) is 26.1 Å². The molecule has 0 amide bonds. The number of hydrogen-bond donors (Lipinski definition) is 0. The molecule has 1 heterocycles. The van der Waals surface area contributed by atoms with Crippen LogP contribution in [0, 0.1) is 0 Å². The van der Waals surface area contributed by atoms with Crippen molar-refractivity contribution < 1.29 is 9.47 Å². The minimum Gasteiger partial charge on any atom is -0.490 e. The van der Waals surface area contributed by atoms with Crippen LogP contribution in [-0.2, 0) is 13.0 Å². The third-order valence-electron chi connectivity index (χ3n) is 5.58. The van der Waals surface area contributed by atoms with Crippen LogP contribution in [-0.4, -0.2) is 22.5 Å². The van der Waals surface area contributed by atoms with E-state index in [2.05, 4.69) is 43.9 Å². The first-order valence-electron chi connectivity index (χ1n) is 12.0. The van der Waals surface area contributed by atoms with Crippen molar-refractivity contribution in [3.8, 4) is 11.5 Å². The van der Waals surface area contributed by atoms with Crippen LogP contribution >= 0.6 is 43.5 Å². The molecule has 192 valence electrons. The Morgan fingerprint density at radius 1 is 1.03 bits per heavy atom. The number of benzene rings is 3. The van der Waals surface area contributed by atoms with E-state index in [1.54, 1.807) is 24.4 Å². The first kappa shape index (κ1) is 27.4. The third kappa shape index (κ3) is 6.80. The Balaban J connectivity index is 1.68. The molecule has 0 bridgehead atoms. The lowest BCUT2D eigenvalue weighted by Gasteiger charge is -2.15. The molecule has 9 heteroatoms. The van der Waals surface area contributed by atoms with Crippen molar-refractivity contribution in [1.29, 1.82) is 0 Å². The van der Waals surface area contributed by atoms with E-state index in [-0.39, 0.29) is 5.56 Å². The van der Waals surface area contributed by atoms with Crippen LogP contribution in [0.3, 0.4) is 0 Å². The topological polar surface area (TPSA) is 65.7 Å². The van der Waals surface area contributed by atoms with Crippen LogP contribution in [0.4, 0.5) is 0 Å². The average molecular weight is 648 g/mol. The number of nitrogens with zero attached hydrogens (tertiary/aromatic N) is 3. The Labute approximate surface area is 237 Å². The Morgan fingerprint density at radius 3 is 2.51 bits per heavy atom. The molecule has 0 aliphatic heterocycles. The van der Waals surface area contributed by atoms with E-state index in [0.717, 1.165) is 27.4 Å². The monoisotopic (exact) mass is 645 g/mol. The van der Waals surface area contributed by atoms with Crippen molar-refractivity contribution in [1.82, 2.24) is 9.66 Å². The minimum atomic E-state index is -0.223. The first-order valence-corrected chi connectivity index (χ1v) is 13.9. The van der Waals surface area contributed by atoms with Gasteiger partial charge in [-0.1, -0.05) is 68.9 Å². The van der Waals surface area contributed by atoms with Gasteiger partial charge in [0.1, 0.15) is 12.4 Å². The molecule has 6 nitrogen and oxygen atoms in total. The molecule has 37 heavy (non-hydrogen) atoms. The summed E-state index contributed by atoms with van der Waals surface area (Å²) in [6, 6.07) is 16.9. The Bertz CT molecular complexity index is 1490. The van der Waals surface area contributed by atoms with Gasteiger partial charge in [-0.25, -0.2) is 4.98 Å². The van der Waals surface area contributed by atoms with Crippen LogP contribution < -0.4 is 15.0 Å². The number of fused-ring (bicyclic) bond motifs is 1. The third-order valence-corrected chi connectivity index (χ3v) is 6.88. The summed E-state index contributed by atoms with van der Waals surface area (Å²) < 4.78 is 15.0. The molecule has 4 aromatic rings. The van der Waals surface area contributed by atoms with Crippen LogP contribution in [0.25, 0.3) is 10.9 Å². The van der Waals surface area contributed by atoms with Crippen molar-refractivity contribution in [2.75, 3.05) is 6.61 Å². The molecule has 0 N–H and O–H groups in total. The second-order valence-electron chi connectivity index (χ2n) is 8.33. The molecule has 0 unspecified atom stereocenters. The quantitative estimate of drug-likeness (QED) is 0.165. The molecule has 3 aromatic carbocycles. The van der Waals surface area contributed by atoms with Gasteiger partial charge >= 0.3 is 0 Å². The van der Waals surface area contributed by atoms with Gasteiger partial charge in [0.05, 0.1) is 28.7 Å². The van der Waals surface area contributed by atoms with E-state index < -0.39 is 0 Å². The first-order chi connectivity index (χ1) is 17.9. The lowest BCUT2D eigenvalue weighted by molar-refractivity contribution is 0.269. The second kappa shape index (κ2) is 12.7. The van der Waals surface area contributed by atoms with Crippen molar-refractivity contribution in [3.05, 3.63) is 95.9 Å². The van der Waals surface area contributed by atoms with Crippen molar-refractivity contribution in [3.63, 3.8) is 0 Å². The summed E-state index contributed by atoms with van der Waals surface area (Å²) in [5.74, 6) is 1.58. The number of aromatic nitrogens is 2. The molecular weight excluding hydrogens is 622 g/mol. The summed E-state index contributed by atoms with van der Waals surface area (Å²) >= 11 is 13.5. The summed E-state index contributed by atoms with van der Waals surface area (Å²) in [5, 5.41) is 5.41. The fourth-order valence-electron chi connectivity index (χ4n) is 3.74. The number of aryl methyl sites for hydroxylation is 1. The lowest BCUT2D eigenvalue weighted by Crippen LogP contribution is -2.22. The largest absolute Gasteiger partial charge is 0.490 e.